The number of carbonyl (C=O) groups is 3. The van der Waals surface area contributed by atoms with Crippen molar-refractivity contribution in [2.45, 2.75) is 32.4 Å². The maximum Gasteiger partial charge on any atom is 0.286 e. The van der Waals surface area contributed by atoms with Crippen molar-refractivity contribution < 1.29 is 18.8 Å². The fraction of sp³-hybridized carbons (Fsp3) is 0.316. The summed E-state index contributed by atoms with van der Waals surface area (Å²) < 4.78 is 4.97. The van der Waals surface area contributed by atoms with E-state index >= 15 is 0 Å². The van der Waals surface area contributed by atoms with Crippen molar-refractivity contribution in [1.29, 1.82) is 0 Å². The first-order chi connectivity index (χ1) is 12.6. The van der Waals surface area contributed by atoms with Gasteiger partial charge >= 0.3 is 0 Å². The van der Waals surface area contributed by atoms with E-state index in [1.165, 1.54) is 6.26 Å². The monoisotopic (exact) mass is 357 g/mol. The largest absolute Gasteiger partial charge is 0.459 e. The van der Waals surface area contributed by atoms with Gasteiger partial charge in [-0.1, -0.05) is 30.3 Å². The number of benzene rings is 1. The van der Waals surface area contributed by atoms with E-state index in [-0.39, 0.29) is 29.9 Å². The molecule has 3 amide bonds. The molecule has 26 heavy (non-hydrogen) atoms. The van der Waals surface area contributed by atoms with Gasteiger partial charge in [0.25, 0.3) is 5.91 Å². The highest BCUT2D eigenvalue weighted by Gasteiger charge is 2.15. The number of amides is 3. The molecule has 2 rings (SSSR count). The lowest BCUT2D eigenvalue weighted by molar-refractivity contribution is -0.128. The number of furan rings is 1. The molecule has 0 aliphatic rings. The fourth-order valence-electron chi connectivity index (χ4n) is 2.26. The van der Waals surface area contributed by atoms with Crippen LogP contribution in [0.1, 0.15) is 35.9 Å². The standard InChI is InChI=1S/C19H23N3O4/c1-14(18(24)21-13-15-7-3-2-4-8-15)22-17(23)10-5-11-20-19(25)16-9-6-12-26-16/h2-4,6-9,12,14H,5,10-11,13H2,1H3,(H,20,25)(H,21,24)(H,22,23). The Kier molecular flexibility index (Phi) is 7.42. The van der Waals surface area contributed by atoms with E-state index in [0.717, 1.165) is 5.56 Å². The average molecular weight is 357 g/mol. The predicted octanol–water partition coefficient (Wildman–Crippen LogP) is 1.61. The van der Waals surface area contributed by atoms with Crippen LogP contribution in [0.15, 0.2) is 53.1 Å². The molecule has 1 atom stereocenters. The zero-order valence-corrected chi connectivity index (χ0v) is 14.7. The molecule has 0 radical (unpaired) electrons. The third-order valence-electron chi connectivity index (χ3n) is 3.69. The summed E-state index contributed by atoms with van der Waals surface area (Å²) in [5.74, 6) is -0.560. The van der Waals surface area contributed by atoms with Gasteiger partial charge in [-0.15, -0.1) is 0 Å². The van der Waals surface area contributed by atoms with Crippen LogP contribution in [-0.4, -0.2) is 30.3 Å². The van der Waals surface area contributed by atoms with Gasteiger partial charge in [0, 0.05) is 19.5 Å². The molecule has 0 saturated heterocycles. The maximum absolute atomic E-state index is 12.0. The van der Waals surface area contributed by atoms with E-state index < -0.39 is 6.04 Å². The molecule has 1 heterocycles. The van der Waals surface area contributed by atoms with Gasteiger partial charge < -0.3 is 20.4 Å². The van der Waals surface area contributed by atoms with Crippen LogP contribution in [0, 0.1) is 0 Å². The highest BCUT2D eigenvalue weighted by Crippen LogP contribution is 2.00. The number of hydrogen-bond donors (Lipinski definition) is 3. The minimum atomic E-state index is -0.621. The molecule has 1 aromatic carbocycles. The van der Waals surface area contributed by atoms with Crippen LogP contribution >= 0.6 is 0 Å². The second-order valence-electron chi connectivity index (χ2n) is 5.83. The minimum absolute atomic E-state index is 0.217. The third-order valence-corrected chi connectivity index (χ3v) is 3.69. The normalized spacial score (nSPS) is 11.4. The molecule has 1 aromatic heterocycles. The topological polar surface area (TPSA) is 100 Å². The molecule has 138 valence electrons. The first-order valence-electron chi connectivity index (χ1n) is 8.49. The zero-order chi connectivity index (χ0) is 18.8. The van der Waals surface area contributed by atoms with Gasteiger partial charge in [-0.3, -0.25) is 14.4 Å². The first kappa shape index (κ1) is 19.2. The Morgan fingerprint density at radius 1 is 1.04 bits per heavy atom. The van der Waals surface area contributed by atoms with Gasteiger partial charge in [0.1, 0.15) is 6.04 Å². The van der Waals surface area contributed by atoms with Gasteiger partial charge in [-0.05, 0) is 31.0 Å². The summed E-state index contributed by atoms with van der Waals surface area (Å²) in [5.41, 5.74) is 0.992. The quantitative estimate of drug-likeness (QED) is 0.594. The summed E-state index contributed by atoms with van der Waals surface area (Å²) in [6.07, 6.45) is 2.11. The van der Waals surface area contributed by atoms with Crippen molar-refractivity contribution in [3.05, 3.63) is 60.1 Å². The molecule has 7 heteroatoms. The predicted molar refractivity (Wildman–Crippen MR) is 96.2 cm³/mol. The van der Waals surface area contributed by atoms with E-state index in [1.807, 2.05) is 30.3 Å². The number of carbonyl (C=O) groups excluding carboxylic acids is 3. The van der Waals surface area contributed by atoms with Crippen molar-refractivity contribution >= 4 is 17.7 Å². The maximum atomic E-state index is 12.0. The Hall–Kier alpha value is -3.09. The lowest BCUT2D eigenvalue weighted by Crippen LogP contribution is -2.44. The van der Waals surface area contributed by atoms with Crippen molar-refractivity contribution in [2.24, 2.45) is 0 Å². The molecule has 0 fully saturated rings. The second kappa shape index (κ2) is 10.0. The summed E-state index contributed by atoms with van der Waals surface area (Å²) in [6.45, 7) is 2.40. The lowest BCUT2D eigenvalue weighted by atomic mass is 10.2. The Morgan fingerprint density at radius 2 is 1.81 bits per heavy atom. The van der Waals surface area contributed by atoms with Crippen LogP contribution < -0.4 is 16.0 Å². The van der Waals surface area contributed by atoms with Crippen LogP contribution in [0.2, 0.25) is 0 Å². The Morgan fingerprint density at radius 3 is 2.50 bits per heavy atom. The summed E-state index contributed by atoms with van der Waals surface area (Å²) in [7, 11) is 0. The van der Waals surface area contributed by atoms with Gasteiger partial charge in [0.15, 0.2) is 5.76 Å². The molecule has 2 aromatic rings. The Bertz CT molecular complexity index is 714. The van der Waals surface area contributed by atoms with Crippen molar-refractivity contribution in [3.8, 4) is 0 Å². The van der Waals surface area contributed by atoms with Gasteiger partial charge in [-0.2, -0.15) is 0 Å². The van der Waals surface area contributed by atoms with E-state index in [9.17, 15) is 14.4 Å². The molecule has 0 spiro atoms. The number of nitrogens with one attached hydrogen (secondary N) is 3. The molecule has 7 nitrogen and oxygen atoms in total. The molecule has 1 unspecified atom stereocenters. The fourth-order valence-corrected chi connectivity index (χ4v) is 2.26. The molecule has 0 aliphatic heterocycles. The van der Waals surface area contributed by atoms with Gasteiger partial charge in [0.05, 0.1) is 6.26 Å². The summed E-state index contributed by atoms with van der Waals surface area (Å²) in [4.78, 5) is 35.5. The molecular weight excluding hydrogens is 334 g/mol. The zero-order valence-electron chi connectivity index (χ0n) is 14.7. The van der Waals surface area contributed by atoms with Crippen LogP contribution in [0.5, 0.6) is 0 Å². The molecule has 0 saturated carbocycles. The van der Waals surface area contributed by atoms with Crippen molar-refractivity contribution in [2.75, 3.05) is 6.54 Å². The molecular formula is C19H23N3O4. The van der Waals surface area contributed by atoms with Crippen LogP contribution in [-0.2, 0) is 16.1 Å². The molecule has 3 N–H and O–H groups in total. The third kappa shape index (κ3) is 6.43. The Balaban J connectivity index is 1.60. The smallest absolute Gasteiger partial charge is 0.286 e. The van der Waals surface area contributed by atoms with E-state index in [4.69, 9.17) is 4.42 Å². The van der Waals surface area contributed by atoms with E-state index in [1.54, 1.807) is 19.1 Å². The van der Waals surface area contributed by atoms with E-state index in [0.29, 0.717) is 19.5 Å². The summed E-state index contributed by atoms with van der Waals surface area (Å²) >= 11 is 0. The first-order valence-corrected chi connectivity index (χ1v) is 8.49. The highest BCUT2D eigenvalue weighted by molar-refractivity contribution is 5.91. The number of hydrogen-bond acceptors (Lipinski definition) is 4. The Labute approximate surface area is 152 Å². The lowest BCUT2D eigenvalue weighted by Gasteiger charge is -2.14. The summed E-state index contributed by atoms with van der Waals surface area (Å²) in [6, 6.07) is 12.1. The van der Waals surface area contributed by atoms with Gasteiger partial charge in [-0.25, -0.2) is 0 Å². The second-order valence-corrected chi connectivity index (χ2v) is 5.83. The van der Waals surface area contributed by atoms with Crippen molar-refractivity contribution in [1.82, 2.24) is 16.0 Å². The number of rotatable bonds is 9. The van der Waals surface area contributed by atoms with Crippen molar-refractivity contribution in [3.63, 3.8) is 0 Å². The highest BCUT2D eigenvalue weighted by atomic mass is 16.3. The average Bonchev–Trinajstić information content (AvgIpc) is 3.18. The van der Waals surface area contributed by atoms with E-state index in [2.05, 4.69) is 16.0 Å². The van der Waals surface area contributed by atoms with Gasteiger partial charge in [0.2, 0.25) is 11.8 Å². The van der Waals surface area contributed by atoms with Crippen LogP contribution in [0.25, 0.3) is 0 Å². The molecule has 0 aliphatic carbocycles. The SMILES string of the molecule is CC(NC(=O)CCCNC(=O)c1ccco1)C(=O)NCc1ccccc1. The minimum Gasteiger partial charge on any atom is -0.459 e. The van der Waals surface area contributed by atoms with Crippen LogP contribution in [0.3, 0.4) is 0 Å². The summed E-state index contributed by atoms with van der Waals surface area (Å²) in [5, 5.41) is 8.09. The van der Waals surface area contributed by atoms with Crippen LogP contribution in [0.4, 0.5) is 0 Å². The molecule has 0 bridgehead atoms.